The molecule has 0 aromatic carbocycles. The van der Waals surface area contributed by atoms with Gasteiger partial charge in [-0.3, -0.25) is 14.4 Å². The quantitative estimate of drug-likeness (QED) is 0.412. The molecule has 8 heteroatoms. The summed E-state index contributed by atoms with van der Waals surface area (Å²) in [7, 11) is 0. The van der Waals surface area contributed by atoms with Gasteiger partial charge in [-0.05, 0) is 26.7 Å². The van der Waals surface area contributed by atoms with Crippen LogP contribution >= 0.6 is 0 Å². The molecule has 1 saturated heterocycles. The Morgan fingerprint density at radius 2 is 1.58 bits per heavy atom. The minimum Gasteiger partial charge on any atom is -0.458 e. The fraction of sp³-hybridized carbons (Fsp3) is 0.750. The van der Waals surface area contributed by atoms with Crippen molar-refractivity contribution < 1.29 is 38.1 Å². The molecule has 0 aromatic heterocycles. The highest BCUT2D eigenvalue weighted by Gasteiger charge is 2.49. The summed E-state index contributed by atoms with van der Waals surface area (Å²) in [5.74, 6) is -1.71. The Morgan fingerprint density at radius 1 is 1.00 bits per heavy atom. The van der Waals surface area contributed by atoms with Gasteiger partial charge in [-0.15, -0.1) is 0 Å². The van der Waals surface area contributed by atoms with E-state index < -0.39 is 47.9 Å². The van der Waals surface area contributed by atoms with Gasteiger partial charge in [0.1, 0.15) is 30.2 Å². The molecule has 1 aliphatic rings. The Labute approximate surface area is 140 Å². The maximum absolute atomic E-state index is 11.5. The second-order valence-electron chi connectivity index (χ2n) is 6.23. The summed E-state index contributed by atoms with van der Waals surface area (Å²) in [4.78, 5) is 45.5. The van der Waals surface area contributed by atoms with Crippen molar-refractivity contribution in [1.82, 2.24) is 0 Å². The first kappa shape index (κ1) is 20.1. The minimum atomic E-state index is -1.21. The lowest BCUT2D eigenvalue weighted by atomic mass is 9.92. The molecule has 8 nitrogen and oxygen atoms in total. The van der Waals surface area contributed by atoms with Crippen molar-refractivity contribution in [2.75, 3.05) is 0 Å². The highest BCUT2D eigenvalue weighted by Crippen LogP contribution is 2.32. The lowest BCUT2D eigenvalue weighted by Gasteiger charge is -2.39. The molecule has 136 valence electrons. The van der Waals surface area contributed by atoms with E-state index in [-0.39, 0.29) is 12.8 Å². The average molecular weight is 344 g/mol. The molecule has 0 amide bonds. The maximum atomic E-state index is 11.5. The fourth-order valence-electron chi connectivity index (χ4n) is 2.78. The molecule has 0 bridgehead atoms. The van der Waals surface area contributed by atoms with Gasteiger partial charge in [0.2, 0.25) is 0 Å². The van der Waals surface area contributed by atoms with Crippen LogP contribution in [0.3, 0.4) is 0 Å². The molecule has 0 saturated carbocycles. The highest BCUT2D eigenvalue weighted by atomic mass is 16.6. The van der Waals surface area contributed by atoms with Gasteiger partial charge in [-0.25, -0.2) is 0 Å². The number of carbonyl (C=O) groups excluding carboxylic acids is 4. The standard InChI is InChI=1S/C16H24O8/c1-9(18)21-13-7-6-12(8-17)23-15(14(13)22-10(2)19)16(4,5)24-11(3)20/h8,12-15H,6-7H2,1-5H3. The van der Waals surface area contributed by atoms with E-state index in [1.807, 2.05) is 0 Å². The number of esters is 3. The SMILES string of the molecule is CC(=O)OC1CCC(C=O)OC(C(C)(C)OC(C)=O)C1OC(C)=O. The zero-order chi connectivity index (χ0) is 18.5. The summed E-state index contributed by atoms with van der Waals surface area (Å²) in [5, 5.41) is 0. The molecule has 0 aromatic rings. The van der Waals surface area contributed by atoms with Gasteiger partial charge in [0.15, 0.2) is 6.10 Å². The predicted octanol–water partition coefficient (Wildman–Crippen LogP) is 0.938. The van der Waals surface area contributed by atoms with Crippen molar-refractivity contribution in [3.63, 3.8) is 0 Å². The van der Waals surface area contributed by atoms with Gasteiger partial charge in [-0.2, -0.15) is 0 Å². The van der Waals surface area contributed by atoms with Crippen LogP contribution in [0.1, 0.15) is 47.5 Å². The second kappa shape index (κ2) is 8.23. The smallest absolute Gasteiger partial charge is 0.303 e. The minimum absolute atomic E-state index is 0.271. The summed E-state index contributed by atoms with van der Waals surface area (Å²) in [6.45, 7) is 6.84. The molecule has 1 heterocycles. The summed E-state index contributed by atoms with van der Waals surface area (Å²) in [6, 6.07) is 0. The van der Waals surface area contributed by atoms with Crippen molar-refractivity contribution in [3.05, 3.63) is 0 Å². The van der Waals surface area contributed by atoms with E-state index in [1.165, 1.54) is 20.8 Å². The first-order valence-electron chi connectivity index (χ1n) is 7.71. The molecule has 24 heavy (non-hydrogen) atoms. The number of rotatable bonds is 5. The Balaban J connectivity index is 3.25. The maximum Gasteiger partial charge on any atom is 0.303 e. The van der Waals surface area contributed by atoms with Crippen LogP contribution in [0.2, 0.25) is 0 Å². The van der Waals surface area contributed by atoms with E-state index in [0.717, 1.165) is 0 Å². The summed E-state index contributed by atoms with van der Waals surface area (Å²) < 4.78 is 21.6. The van der Waals surface area contributed by atoms with Gasteiger partial charge in [0.05, 0.1) is 0 Å². The molecule has 0 radical (unpaired) electrons. The van der Waals surface area contributed by atoms with Gasteiger partial charge in [0.25, 0.3) is 0 Å². The summed E-state index contributed by atoms with van der Waals surface area (Å²) >= 11 is 0. The monoisotopic (exact) mass is 344 g/mol. The van der Waals surface area contributed by atoms with E-state index in [9.17, 15) is 19.2 Å². The largest absolute Gasteiger partial charge is 0.458 e. The Hall–Kier alpha value is -1.96. The van der Waals surface area contributed by atoms with Crippen LogP contribution in [0.5, 0.6) is 0 Å². The van der Waals surface area contributed by atoms with E-state index in [4.69, 9.17) is 18.9 Å². The van der Waals surface area contributed by atoms with Crippen LogP contribution in [0.4, 0.5) is 0 Å². The summed E-state index contributed by atoms with van der Waals surface area (Å²) in [5.41, 5.74) is -1.21. The third kappa shape index (κ3) is 5.59. The lowest BCUT2D eigenvalue weighted by Crippen LogP contribution is -2.55. The fourth-order valence-corrected chi connectivity index (χ4v) is 2.78. The molecular formula is C16H24O8. The third-order valence-electron chi connectivity index (χ3n) is 3.59. The number of hydrogen-bond acceptors (Lipinski definition) is 8. The molecule has 1 rings (SSSR count). The highest BCUT2D eigenvalue weighted by molar-refractivity contribution is 5.68. The first-order valence-corrected chi connectivity index (χ1v) is 7.71. The topological polar surface area (TPSA) is 105 Å². The van der Waals surface area contributed by atoms with Crippen LogP contribution in [0.15, 0.2) is 0 Å². The van der Waals surface area contributed by atoms with Crippen molar-refractivity contribution in [2.24, 2.45) is 0 Å². The molecule has 0 N–H and O–H groups in total. The zero-order valence-electron chi connectivity index (χ0n) is 14.6. The van der Waals surface area contributed by atoms with Gasteiger partial charge in [-0.1, -0.05) is 0 Å². The van der Waals surface area contributed by atoms with Gasteiger partial charge in [0, 0.05) is 20.8 Å². The number of ether oxygens (including phenoxy) is 4. The molecule has 4 unspecified atom stereocenters. The lowest BCUT2D eigenvalue weighted by molar-refractivity contribution is -0.209. The number of aldehydes is 1. The van der Waals surface area contributed by atoms with Gasteiger partial charge >= 0.3 is 17.9 Å². The van der Waals surface area contributed by atoms with Crippen LogP contribution < -0.4 is 0 Å². The predicted molar refractivity (Wildman–Crippen MR) is 80.9 cm³/mol. The van der Waals surface area contributed by atoms with E-state index >= 15 is 0 Å². The number of carbonyl (C=O) groups is 4. The van der Waals surface area contributed by atoms with Crippen molar-refractivity contribution in [2.45, 2.75) is 77.5 Å². The number of hydrogen-bond donors (Lipinski definition) is 0. The zero-order valence-corrected chi connectivity index (χ0v) is 14.6. The summed E-state index contributed by atoms with van der Waals surface area (Å²) in [6.07, 6.45) is -2.41. The van der Waals surface area contributed by atoms with E-state index in [2.05, 4.69) is 0 Å². The van der Waals surface area contributed by atoms with Crippen molar-refractivity contribution >= 4 is 24.2 Å². The first-order chi connectivity index (χ1) is 11.1. The van der Waals surface area contributed by atoms with Gasteiger partial charge < -0.3 is 23.7 Å². The normalized spacial score (nSPS) is 27.5. The van der Waals surface area contributed by atoms with Crippen LogP contribution in [0, 0.1) is 0 Å². The Kier molecular flexibility index (Phi) is 6.89. The molecule has 1 aliphatic heterocycles. The molecule has 4 atom stereocenters. The van der Waals surface area contributed by atoms with E-state index in [0.29, 0.717) is 6.29 Å². The Bertz CT molecular complexity index is 498. The molecule has 0 spiro atoms. The molecular weight excluding hydrogens is 320 g/mol. The van der Waals surface area contributed by atoms with Crippen LogP contribution in [-0.2, 0) is 38.1 Å². The van der Waals surface area contributed by atoms with Crippen molar-refractivity contribution in [3.8, 4) is 0 Å². The van der Waals surface area contributed by atoms with E-state index in [1.54, 1.807) is 13.8 Å². The third-order valence-corrected chi connectivity index (χ3v) is 3.59. The average Bonchev–Trinajstić information content (AvgIpc) is 2.57. The molecule has 0 aliphatic carbocycles. The van der Waals surface area contributed by atoms with Crippen LogP contribution in [-0.4, -0.2) is 54.2 Å². The van der Waals surface area contributed by atoms with Crippen molar-refractivity contribution in [1.29, 1.82) is 0 Å². The Morgan fingerprint density at radius 3 is 2.04 bits per heavy atom. The molecule has 1 fully saturated rings. The second-order valence-corrected chi connectivity index (χ2v) is 6.23. The van der Waals surface area contributed by atoms with Crippen LogP contribution in [0.25, 0.3) is 0 Å².